The van der Waals surface area contributed by atoms with Crippen LogP contribution in [-0.4, -0.2) is 0 Å². The maximum atomic E-state index is 2.28. The molecule has 0 unspecified atom stereocenters. The number of hydrogen-bond acceptors (Lipinski definition) is 0. The lowest BCUT2D eigenvalue weighted by Gasteiger charge is -2.11. The largest absolute Gasteiger partial charge is 0.0622 e. The standard InChI is InChI=1S/C32H24/c1-4-10-26(11-5-1)28-18-16-25(17-19-28)24-32(30-14-8-3-9-15-30)31-22-20-29(21-23-31)27-12-6-2-7-13-27/h1-24H. The normalized spacial score (nSPS) is 11.3. The zero-order valence-electron chi connectivity index (χ0n) is 17.9. The summed E-state index contributed by atoms with van der Waals surface area (Å²) in [4.78, 5) is 0. The minimum Gasteiger partial charge on any atom is -0.0622 e. The predicted molar refractivity (Wildman–Crippen MR) is 137 cm³/mol. The van der Waals surface area contributed by atoms with Gasteiger partial charge in [-0.25, -0.2) is 0 Å². The molecule has 5 aromatic carbocycles. The third-order valence-electron chi connectivity index (χ3n) is 5.72. The van der Waals surface area contributed by atoms with E-state index in [4.69, 9.17) is 0 Å². The van der Waals surface area contributed by atoms with Crippen LogP contribution in [0.25, 0.3) is 33.9 Å². The van der Waals surface area contributed by atoms with E-state index in [-0.39, 0.29) is 0 Å². The average molecular weight is 409 g/mol. The van der Waals surface area contributed by atoms with Crippen molar-refractivity contribution in [1.29, 1.82) is 0 Å². The van der Waals surface area contributed by atoms with Crippen molar-refractivity contribution in [3.63, 3.8) is 0 Å². The second kappa shape index (κ2) is 9.32. The molecule has 0 aliphatic carbocycles. The van der Waals surface area contributed by atoms with E-state index in [1.165, 1.54) is 44.5 Å². The second-order valence-corrected chi connectivity index (χ2v) is 7.86. The van der Waals surface area contributed by atoms with E-state index in [1.807, 2.05) is 0 Å². The van der Waals surface area contributed by atoms with Gasteiger partial charge in [-0.05, 0) is 50.6 Å². The highest BCUT2D eigenvalue weighted by molar-refractivity contribution is 5.92. The maximum Gasteiger partial charge on any atom is -0.0105 e. The van der Waals surface area contributed by atoms with Crippen LogP contribution < -0.4 is 0 Å². The quantitative estimate of drug-likeness (QED) is 0.255. The lowest BCUT2D eigenvalue weighted by molar-refractivity contribution is 1.54. The average Bonchev–Trinajstić information content (AvgIpc) is 2.89. The van der Waals surface area contributed by atoms with Crippen LogP contribution in [0.3, 0.4) is 0 Å². The molecule has 0 N–H and O–H groups in total. The van der Waals surface area contributed by atoms with Gasteiger partial charge in [0, 0.05) is 0 Å². The molecule has 0 aromatic heterocycles. The van der Waals surface area contributed by atoms with Crippen molar-refractivity contribution in [2.45, 2.75) is 0 Å². The van der Waals surface area contributed by atoms with Gasteiger partial charge in [0.15, 0.2) is 0 Å². The van der Waals surface area contributed by atoms with Crippen LogP contribution in [0.1, 0.15) is 16.7 Å². The Hall–Kier alpha value is -4.16. The van der Waals surface area contributed by atoms with Crippen LogP contribution >= 0.6 is 0 Å². The Morgan fingerprint density at radius 1 is 0.344 bits per heavy atom. The molecule has 0 nitrogen and oxygen atoms in total. The lowest BCUT2D eigenvalue weighted by atomic mass is 9.93. The molecule has 0 aliphatic rings. The van der Waals surface area contributed by atoms with Crippen LogP contribution in [0.4, 0.5) is 0 Å². The molecule has 0 bridgehead atoms. The minimum atomic E-state index is 1.19. The molecule has 5 rings (SSSR count). The maximum absolute atomic E-state index is 2.28. The van der Waals surface area contributed by atoms with Gasteiger partial charge in [0.25, 0.3) is 0 Å². The topological polar surface area (TPSA) is 0 Å². The van der Waals surface area contributed by atoms with Crippen molar-refractivity contribution >= 4 is 11.6 Å². The molecule has 152 valence electrons. The smallest absolute Gasteiger partial charge is 0.0105 e. The fourth-order valence-electron chi connectivity index (χ4n) is 3.99. The van der Waals surface area contributed by atoms with E-state index in [1.54, 1.807) is 0 Å². The molecule has 5 aromatic rings. The number of rotatable bonds is 5. The summed E-state index contributed by atoms with van der Waals surface area (Å²) in [6.45, 7) is 0. The van der Waals surface area contributed by atoms with E-state index in [0.29, 0.717) is 0 Å². The molecular weight excluding hydrogens is 384 g/mol. The Bertz CT molecular complexity index is 1300. The molecule has 0 amide bonds. The van der Waals surface area contributed by atoms with Crippen LogP contribution in [-0.2, 0) is 0 Å². The summed E-state index contributed by atoms with van der Waals surface area (Å²) in [6, 6.07) is 49.3. The van der Waals surface area contributed by atoms with E-state index >= 15 is 0 Å². The number of benzene rings is 5. The molecule has 32 heavy (non-hydrogen) atoms. The Balaban J connectivity index is 1.51. The first-order valence-corrected chi connectivity index (χ1v) is 11.0. The molecule has 0 spiro atoms. The number of hydrogen-bond donors (Lipinski definition) is 0. The Morgan fingerprint density at radius 2 is 0.719 bits per heavy atom. The second-order valence-electron chi connectivity index (χ2n) is 7.86. The molecular formula is C32H24. The van der Waals surface area contributed by atoms with Crippen molar-refractivity contribution in [3.8, 4) is 22.3 Å². The summed E-state index contributed by atoms with van der Waals surface area (Å²) >= 11 is 0. The van der Waals surface area contributed by atoms with Gasteiger partial charge in [0.1, 0.15) is 0 Å². The van der Waals surface area contributed by atoms with Crippen molar-refractivity contribution < 1.29 is 0 Å². The summed E-state index contributed by atoms with van der Waals surface area (Å²) in [5, 5.41) is 0. The fraction of sp³-hybridized carbons (Fsp3) is 0. The fourth-order valence-corrected chi connectivity index (χ4v) is 3.99. The Kier molecular flexibility index (Phi) is 5.76. The lowest BCUT2D eigenvalue weighted by Crippen LogP contribution is -1.89. The molecule has 0 saturated heterocycles. The van der Waals surface area contributed by atoms with Crippen molar-refractivity contribution in [1.82, 2.24) is 0 Å². The Morgan fingerprint density at radius 3 is 1.22 bits per heavy atom. The van der Waals surface area contributed by atoms with Crippen molar-refractivity contribution in [2.24, 2.45) is 0 Å². The molecule has 0 heterocycles. The predicted octanol–water partition coefficient (Wildman–Crippen LogP) is 8.61. The summed E-state index contributed by atoms with van der Waals surface area (Å²) in [7, 11) is 0. The van der Waals surface area contributed by atoms with Crippen molar-refractivity contribution in [3.05, 3.63) is 156 Å². The SMILES string of the molecule is C(=C(c1ccccc1)c1ccc(-c2ccccc2)cc1)c1ccc(-c2ccccc2)cc1. The molecule has 0 atom stereocenters. The summed E-state index contributed by atoms with van der Waals surface area (Å²) in [5.41, 5.74) is 9.78. The molecule has 0 radical (unpaired) electrons. The first-order chi connectivity index (χ1) is 15.9. The van der Waals surface area contributed by atoms with Gasteiger partial charge < -0.3 is 0 Å². The third-order valence-corrected chi connectivity index (χ3v) is 5.72. The first-order valence-electron chi connectivity index (χ1n) is 11.0. The van der Waals surface area contributed by atoms with Crippen LogP contribution in [0.2, 0.25) is 0 Å². The summed E-state index contributed by atoms with van der Waals surface area (Å²) < 4.78 is 0. The van der Waals surface area contributed by atoms with Crippen LogP contribution in [0, 0.1) is 0 Å². The zero-order valence-corrected chi connectivity index (χ0v) is 17.9. The highest BCUT2D eigenvalue weighted by Crippen LogP contribution is 2.29. The highest BCUT2D eigenvalue weighted by atomic mass is 14.1. The van der Waals surface area contributed by atoms with E-state index in [0.717, 1.165) is 0 Å². The molecule has 0 saturated carbocycles. The third kappa shape index (κ3) is 4.45. The molecule has 0 fully saturated rings. The van der Waals surface area contributed by atoms with Crippen LogP contribution in [0.5, 0.6) is 0 Å². The highest BCUT2D eigenvalue weighted by Gasteiger charge is 2.07. The van der Waals surface area contributed by atoms with Gasteiger partial charge >= 0.3 is 0 Å². The van der Waals surface area contributed by atoms with Crippen molar-refractivity contribution in [2.75, 3.05) is 0 Å². The van der Waals surface area contributed by atoms with Gasteiger partial charge in [-0.3, -0.25) is 0 Å². The Labute approximate surface area is 190 Å². The zero-order chi connectivity index (χ0) is 21.6. The monoisotopic (exact) mass is 408 g/mol. The van der Waals surface area contributed by atoms with E-state index < -0.39 is 0 Å². The summed E-state index contributed by atoms with van der Waals surface area (Å²) in [6.07, 6.45) is 2.28. The van der Waals surface area contributed by atoms with E-state index in [2.05, 4.69) is 146 Å². The minimum absolute atomic E-state index is 1.19. The van der Waals surface area contributed by atoms with Gasteiger partial charge in [-0.1, -0.05) is 140 Å². The van der Waals surface area contributed by atoms with Crippen LogP contribution in [0.15, 0.2) is 140 Å². The van der Waals surface area contributed by atoms with Gasteiger partial charge in [-0.15, -0.1) is 0 Å². The first kappa shape index (κ1) is 19.8. The van der Waals surface area contributed by atoms with Gasteiger partial charge in [0.2, 0.25) is 0 Å². The molecule has 0 aliphatic heterocycles. The summed E-state index contributed by atoms with van der Waals surface area (Å²) in [5.74, 6) is 0. The molecule has 0 heteroatoms. The van der Waals surface area contributed by atoms with Gasteiger partial charge in [0.05, 0.1) is 0 Å². The van der Waals surface area contributed by atoms with Gasteiger partial charge in [-0.2, -0.15) is 0 Å². The van der Waals surface area contributed by atoms with E-state index in [9.17, 15) is 0 Å².